The van der Waals surface area contributed by atoms with Crippen molar-refractivity contribution < 1.29 is 19.4 Å². The Morgan fingerprint density at radius 2 is 1.11 bits per heavy atom. The van der Waals surface area contributed by atoms with E-state index in [1.807, 2.05) is 12.1 Å². The lowest BCUT2D eigenvalue weighted by molar-refractivity contribution is -0.131. The van der Waals surface area contributed by atoms with Crippen LogP contribution in [0.3, 0.4) is 0 Å². The van der Waals surface area contributed by atoms with E-state index in [1.165, 1.54) is 20.8 Å². The van der Waals surface area contributed by atoms with Gasteiger partial charge in [-0.3, -0.25) is 4.79 Å². The number of hydrogen-bond donors (Lipinski definition) is 2. The van der Waals surface area contributed by atoms with Crippen molar-refractivity contribution in [3.8, 4) is 54.6 Å². The fourth-order valence-corrected chi connectivity index (χ4v) is 3.00. The molecule has 0 amide bonds. The minimum absolute atomic E-state index is 0. The van der Waals surface area contributed by atoms with Crippen LogP contribution in [0.2, 0.25) is 0 Å². The van der Waals surface area contributed by atoms with Crippen molar-refractivity contribution in [3.63, 3.8) is 0 Å². The van der Waals surface area contributed by atoms with Gasteiger partial charge in [-0.25, -0.2) is 0 Å². The fourth-order valence-electron chi connectivity index (χ4n) is 3.00. The lowest BCUT2D eigenvalue weighted by Gasteiger charge is -2.20. The second kappa shape index (κ2) is 18.1. The molecule has 0 saturated carbocycles. The molecule has 0 aromatic heterocycles. The highest BCUT2D eigenvalue weighted by Crippen LogP contribution is 2.40. The summed E-state index contributed by atoms with van der Waals surface area (Å²) in [7, 11) is 0. The molecule has 0 fully saturated rings. The van der Waals surface area contributed by atoms with Crippen LogP contribution in [0.4, 0.5) is 0 Å². The minimum Gasteiger partial charge on any atom is -0.481 e. The van der Waals surface area contributed by atoms with Crippen molar-refractivity contribution in [2.75, 3.05) is 0 Å². The summed E-state index contributed by atoms with van der Waals surface area (Å²) in [5, 5.41) is 86.3. The van der Waals surface area contributed by atoms with Gasteiger partial charge in [0.2, 0.25) is 0 Å². The van der Waals surface area contributed by atoms with Gasteiger partial charge in [0.15, 0.2) is 28.4 Å². The number of Topliss-reactive ketones (excluding diaryl/α,β-unsaturated/α-hetero) is 1. The van der Waals surface area contributed by atoms with Crippen molar-refractivity contribution in [3.05, 3.63) is 56.2 Å². The van der Waals surface area contributed by atoms with Gasteiger partial charge in [0.05, 0.1) is 29.0 Å². The Labute approximate surface area is 274 Å². The molecular weight excluding hydrogens is 600 g/mol. The number of ketones is 1. The van der Waals surface area contributed by atoms with Gasteiger partial charge in [-0.1, -0.05) is 0 Å². The Kier molecular flexibility index (Phi) is 16.2. The van der Waals surface area contributed by atoms with Crippen molar-refractivity contribution in [2.45, 2.75) is 85.5 Å². The van der Waals surface area contributed by atoms with Gasteiger partial charge >= 0.3 is 0 Å². The van der Waals surface area contributed by atoms with Crippen LogP contribution in [0.5, 0.6) is 0 Å². The smallest absolute Gasteiger partial charge is 0.172 e. The number of ether oxygens (including phenoxy) is 2. The molecule has 0 saturated heterocycles. The number of aliphatic hydroxyl groups is 1. The van der Waals surface area contributed by atoms with Gasteiger partial charge in [0, 0.05) is 0 Å². The first-order chi connectivity index (χ1) is 21.7. The largest absolute Gasteiger partial charge is 0.481 e. The van der Waals surface area contributed by atoms with Crippen molar-refractivity contribution >= 4 is 5.78 Å². The van der Waals surface area contributed by atoms with Gasteiger partial charge in [-0.2, -0.15) is 47.4 Å². The van der Waals surface area contributed by atoms with Crippen LogP contribution in [0.15, 0.2) is 56.2 Å². The van der Waals surface area contributed by atoms with Crippen LogP contribution in [0, 0.1) is 102 Å². The van der Waals surface area contributed by atoms with Crippen LogP contribution in [-0.2, 0) is 14.3 Å². The molecule has 0 radical (unpaired) electrons. The molecule has 0 spiro atoms. The Morgan fingerprint density at radius 1 is 0.745 bits per heavy atom. The predicted molar refractivity (Wildman–Crippen MR) is 163 cm³/mol. The summed E-state index contributed by atoms with van der Waals surface area (Å²) in [6.45, 7) is 14.9. The van der Waals surface area contributed by atoms with E-state index in [0.29, 0.717) is 5.57 Å². The SMILES string of the molecule is CC(=O)C(C)(C)O.CC1=C(C#N)/C(=C(\C#N)C(N)=C(C#N)C#N)OC1(C)C.CC1=C(C#N)C(=C(C#N)C#N)OC1(C)C.N#CCC#N. The van der Waals surface area contributed by atoms with E-state index in [2.05, 4.69) is 0 Å². The average molecular weight is 633 g/mol. The third-order valence-corrected chi connectivity index (χ3v) is 6.52. The molecule has 238 valence electrons. The monoisotopic (exact) mass is 632 g/mol. The van der Waals surface area contributed by atoms with E-state index in [1.54, 1.807) is 84.0 Å². The fraction of sp³-hybridized carbons (Fsp3) is 0.394. The number of allylic oxidation sites excluding steroid dienone is 5. The van der Waals surface area contributed by atoms with Gasteiger partial charge in [-0.05, 0) is 73.5 Å². The molecule has 0 aromatic carbocycles. The lowest BCUT2D eigenvalue weighted by atomic mass is 9.96. The normalized spacial score (nSPS) is 15.4. The first-order valence-electron chi connectivity index (χ1n) is 13.3. The second-order valence-corrected chi connectivity index (χ2v) is 10.8. The molecule has 0 bridgehead atoms. The van der Waals surface area contributed by atoms with Crippen molar-refractivity contribution in [1.82, 2.24) is 0 Å². The van der Waals surface area contributed by atoms with Crippen molar-refractivity contribution in [2.24, 2.45) is 5.73 Å². The summed E-state index contributed by atoms with van der Waals surface area (Å²) in [4.78, 5) is 10.2. The molecule has 3 N–H and O–H groups in total. The van der Waals surface area contributed by atoms with E-state index in [9.17, 15) is 15.3 Å². The highest BCUT2D eigenvalue weighted by molar-refractivity contribution is 5.83. The molecule has 0 unspecified atom stereocenters. The van der Waals surface area contributed by atoms with E-state index < -0.39 is 22.4 Å². The number of nitriles is 9. The van der Waals surface area contributed by atoms with Crippen LogP contribution in [0.1, 0.15) is 68.7 Å². The zero-order chi connectivity index (χ0) is 37.3. The first-order valence-corrected chi connectivity index (χ1v) is 13.3. The van der Waals surface area contributed by atoms with Gasteiger partial charge in [0.1, 0.15) is 71.3 Å². The summed E-state index contributed by atoms with van der Waals surface area (Å²) < 4.78 is 11.1. The molecule has 2 aliphatic rings. The molecule has 47 heavy (non-hydrogen) atoms. The molecule has 0 atom stereocenters. The maximum atomic E-state index is 10.2. The van der Waals surface area contributed by atoms with E-state index in [0.717, 1.165) is 5.57 Å². The molecule has 2 heterocycles. The lowest BCUT2D eigenvalue weighted by Crippen LogP contribution is -2.27. The number of rotatable bonds is 2. The zero-order valence-electron chi connectivity index (χ0n) is 27.5. The zero-order valence-corrected chi connectivity index (χ0v) is 27.5. The summed E-state index contributed by atoms with van der Waals surface area (Å²) in [5.74, 6) is -0.0875. The number of nitrogens with zero attached hydrogens (tertiary/aromatic N) is 9. The Morgan fingerprint density at radius 3 is 1.36 bits per heavy atom. The minimum atomic E-state index is -1.14. The second-order valence-electron chi connectivity index (χ2n) is 10.8. The van der Waals surface area contributed by atoms with E-state index in [-0.39, 0.29) is 51.7 Å². The molecule has 2 rings (SSSR count). The third kappa shape index (κ3) is 11.3. The number of carbonyl (C=O) groups is 1. The maximum absolute atomic E-state index is 10.2. The highest BCUT2D eigenvalue weighted by Gasteiger charge is 2.38. The topological polar surface area (TPSA) is 296 Å². The summed E-state index contributed by atoms with van der Waals surface area (Å²) in [6, 6.07) is 15.7. The van der Waals surface area contributed by atoms with E-state index >= 15 is 0 Å². The Bertz CT molecular complexity index is 1790. The summed E-state index contributed by atoms with van der Waals surface area (Å²) >= 11 is 0. The highest BCUT2D eigenvalue weighted by atomic mass is 16.5. The summed E-state index contributed by atoms with van der Waals surface area (Å²) in [5.41, 5.74) is 4.03. The summed E-state index contributed by atoms with van der Waals surface area (Å²) in [6.07, 6.45) is 0. The van der Waals surface area contributed by atoms with Crippen LogP contribution in [-0.4, -0.2) is 27.7 Å². The molecule has 14 heteroatoms. The van der Waals surface area contributed by atoms with Crippen LogP contribution in [0.25, 0.3) is 0 Å². The number of hydrogen-bond acceptors (Lipinski definition) is 14. The number of nitrogens with two attached hydrogens (primary N) is 1. The molecule has 0 aliphatic carbocycles. The molecule has 0 aromatic rings. The Hall–Kier alpha value is -6.86. The average Bonchev–Trinajstić information content (AvgIpc) is 3.36. The van der Waals surface area contributed by atoms with E-state index in [4.69, 9.17) is 57.1 Å². The predicted octanol–water partition coefficient (Wildman–Crippen LogP) is 4.38. The number of carbonyl (C=O) groups excluding carboxylic acids is 1. The van der Waals surface area contributed by atoms with Gasteiger partial charge in [0.25, 0.3) is 0 Å². The Balaban J connectivity index is 0. The van der Waals surface area contributed by atoms with Crippen LogP contribution < -0.4 is 5.73 Å². The standard InChI is InChI=1S/C14H11N5O.C11H9N3O.C5H10O2.C3H2N2/c1-8-10(6-17)13(20-14(8,2)3)11(7-18)12(19)9(4-15)5-16;1-7-9(6-14)10(8(4-12)5-13)15-11(7,2)3;1-4(6)5(2,3)7;4-2-1-3-5/h19H2,1-3H3;1-3H3;7H,1-3H3;1H2/b13-11-;;;. The third-order valence-electron chi connectivity index (χ3n) is 6.52. The molecular formula is C33H32N10O4. The molecule has 14 nitrogen and oxygen atoms in total. The molecule has 2 aliphatic heterocycles. The van der Waals surface area contributed by atoms with Gasteiger partial charge in [-0.15, -0.1) is 0 Å². The maximum Gasteiger partial charge on any atom is 0.172 e. The van der Waals surface area contributed by atoms with Gasteiger partial charge < -0.3 is 20.3 Å². The first kappa shape index (κ1) is 42.3. The van der Waals surface area contributed by atoms with Crippen molar-refractivity contribution in [1.29, 1.82) is 47.4 Å². The van der Waals surface area contributed by atoms with Crippen LogP contribution >= 0.6 is 0 Å². The quantitative estimate of drug-likeness (QED) is 0.399.